The van der Waals surface area contributed by atoms with Gasteiger partial charge in [0.25, 0.3) is 0 Å². The molecular weight excluding hydrogens is 342 g/mol. The van der Waals surface area contributed by atoms with Gasteiger partial charge in [-0.3, -0.25) is 0 Å². The summed E-state index contributed by atoms with van der Waals surface area (Å²) in [5, 5.41) is 8.98. The Morgan fingerprint density at radius 1 is 1.36 bits per heavy atom. The van der Waals surface area contributed by atoms with E-state index in [0.717, 1.165) is 12.2 Å². The SMILES string of the molecule is N#Cc1cccc(S(=O)(=O)N2CCc3oc(C4CCOC4)nc3C2)c1. The predicted molar refractivity (Wildman–Crippen MR) is 87.1 cm³/mol. The summed E-state index contributed by atoms with van der Waals surface area (Å²) in [6.45, 7) is 1.82. The number of nitriles is 1. The van der Waals surface area contributed by atoms with E-state index < -0.39 is 10.0 Å². The van der Waals surface area contributed by atoms with Crippen molar-refractivity contribution in [2.75, 3.05) is 19.8 Å². The highest BCUT2D eigenvalue weighted by Gasteiger charge is 2.33. The molecule has 0 bridgehead atoms. The number of nitrogens with zero attached hydrogens (tertiary/aromatic N) is 3. The second-order valence-electron chi connectivity index (χ2n) is 6.21. The molecular formula is C17H17N3O4S. The Bertz CT molecular complexity index is 939. The number of oxazole rings is 1. The Morgan fingerprint density at radius 3 is 3.00 bits per heavy atom. The van der Waals surface area contributed by atoms with Crippen LogP contribution in [0.4, 0.5) is 0 Å². The average Bonchev–Trinajstić information content (AvgIpc) is 3.30. The second kappa shape index (κ2) is 6.26. The van der Waals surface area contributed by atoms with Crippen molar-refractivity contribution in [1.29, 1.82) is 5.26 Å². The second-order valence-corrected chi connectivity index (χ2v) is 8.15. The van der Waals surface area contributed by atoms with Gasteiger partial charge in [-0.15, -0.1) is 0 Å². The molecule has 2 aromatic rings. The van der Waals surface area contributed by atoms with E-state index in [1.165, 1.54) is 16.4 Å². The van der Waals surface area contributed by atoms with Gasteiger partial charge < -0.3 is 9.15 Å². The molecule has 130 valence electrons. The predicted octanol–water partition coefficient (Wildman–Crippen LogP) is 1.80. The van der Waals surface area contributed by atoms with Crippen LogP contribution in [0.25, 0.3) is 0 Å². The molecule has 1 fully saturated rings. The zero-order valence-electron chi connectivity index (χ0n) is 13.5. The quantitative estimate of drug-likeness (QED) is 0.829. The van der Waals surface area contributed by atoms with Crippen molar-refractivity contribution in [1.82, 2.24) is 9.29 Å². The van der Waals surface area contributed by atoms with Crippen molar-refractivity contribution in [2.24, 2.45) is 0 Å². The summed E-state index contributed by atoms with van der Waals surface area (Å²) in [4.78, 5) is 4.65. The molecule has 8 heteroatoms. The van der Waals surface area contributed by atoms with E-state index in [1.807, 2.05) is 6.07 Å². The monoisotopic (exact) mass is 359 g/mol. The summed E-state index contributed by atoms with van der Waals surface area (Å²) < 4.78 is 38.3. The Kier molecular flexibility index (Phi) is 4.07. The van der Waals surface area contributed by atoms with Crippen LogP contribution in [0, 0.1) is 11.3 Å². The lowest BCUT2D eigenvalue weighted by Crippen LogP contribution is -2.35. The number of fused-ring (bicyclic) bond motifs is 1. The fourth-order valence-electron chi connectivity index (χ4n) is 3.18. The summed E-state index contributed by atoms with van der Waals surface area (Å²) in [6.07, 6.45) is 1.37. The summed E-state index contributed by atoms with van der Waals surface area (Å²) in [7, 11) is -3.67. The fourth-order valence-corrected chi connectivity index (χ4v) is 4.63. The van der Waals surface area contributed by atoms with Crippen LogP contribution < -0.4 is 0 Å². The van der Waals surface area contributed by atoms with Gasteiger partial charge in [-0.2, -0.15) is 9.57 Å². The highest BCUT2D eigenvalue weighted by atomic mass is 32.2. The minimum absolute atomic E-state index is 0.128. The van der Waals surface area contributed by atoms with E-state index in [-0.39, 0.29) is 17.4 Å². The third-order valence-electron chi connectivity index (χ3n) is 4.59. The Morgan fingerprint density at radius 2 is 2.24 bits per heavy atom. The van der Waals surface area contributed by atoms with Crippen LogP contribution in [0.2, 0.25) is 0 Å². The van der Waals surface area contributed by atoms with Gasteiger partial charge in [0.15, 0.2) is 5.89 Å². The molecule has 1 unspecified atom stereocenters. The van der Waals surface area contributed by atoms with Crippen molar-refractivity contribution in [2.45, 2.75) is 30.2 Å². The van der Waals surface area contributed by atoms with E-state index in [4.69, 9.17) is 14.4 Å². The van der Waals surface area contributed by atoms with Crippen LogP contribution >= 0.6 is 0 Å². The molecule has 0 N–H and O–H groups in total. The first-order valence-corrected chi connectivity index (χ1v) is 9.58. The third-order valence-corrected chi connectivity index (χ3v) is 6.43. The summed E-state index contributed by atoms with van der Waals surface area (Å²) in [5.41, 5.74) is 0.997. The van der Waals surface area contributed by atoms with E-state index in [9.17, 15) is 8.42 Å². The molecule has 0 aliphatic carbocycles. The lowest BCUT2D eigenvalue weighted by atomic mass is 10.1. The molecule has 25 heavy (non-hydrogen) atoms. The van der Waals surface area contributed by atoms with E-state index in [2.05, 4.69) is 4.98 Å². The van der Waals surface area contributed by atoms with E-state index in [0.29, 0.717) is 43.3 Å². The van der Waals surface area contributed by atoms with Gasteiger partial charge in [0.2, 0.25) is 10.0 Å². The van der Waals surface area contributed by atoms with Crippen molar-refractivity contribution >= 4 is 10.0 Å². The van der Waals surface area contributed by atoms with E-state index >= 15 is 0 Å². The zero-order valence-corrected chi connectivity index (χ0v) is 14.3. The first-order chi connectivity index (χ1) is 12.1. The molecule has 1 saturated heterocycles. The molecule has 0 radical (unpaired) electrons. The lowest BCUT2D eigenvalue weighted by molar-refractivity contribution is 0.190. The number of rotatable bonds is 3. The minimum Gasteiger partial charge on any atom is -0.445 e. The molecule has 1 atom stereocenters. The van der Waals surface area contributed by atoms with E-state index in [1.54, 1.807) is 12.1 Å². The van der Waals surface area contributed by atoms with Crippen LogP contribution in [0.5, 0.6) is 0 Å². The Balaban J connectivity index is 1.60. The number of aromatic nitrogens is 1. The molecule has 2 aliphatic rings. The standard InChI is InChI=1S/C17H17N3O4S/c18-9-12-2-1-3-14(8-12)25(21,22)20-6-4-16-15(10-20)19-17(24-16)13-5-7-23-11-13/h1-3,8,13H,4-7,10-11H2. The van der Waals surface area contributed by atoms with Crippen LogP contribution in [0.3, 0.4) is 0 Å². The summed E-state index contributed by atoms with van der Waals surface area (Å²) >= 11 is 0. The number of ether oxygens (including phenoxy) is 1. The number of sulfonamides is 1. The molecule has 4 rings (SSSR count). The Labute approximate surface area is 145 Å². The van der Waals surface area contributed by atoms with Crippen LogP contribution in [0.1, 0.15) is 35.2 Å². The fraction of sp³-hybridized carbons (Fsp3) is 0.412. The third kappa shape index (κ3) is 2.95. The van der Waals surface area contributed by atoms with Crippen LogP contribution in [0.15, 0.2) is 33.6 Å². The molecule has 0 amide bonds. The number of hydrogen-bond donors (Lipinski definition) is 0. The van der Waals surface area contributed by atoms with Gasteiger partial charge in [0.1, 0.15) is 5.76 Å². The van der Waals surface area contributed by atoms with Gasteiger partial charge >= 0.3 is 0 Å². The van der Waals surface area contributed by atoms with Crippen LogP contribution in [-0.2, 0) is 27.7 Å². The normalized spacial score (nSPS) is 21.0. The molecule has 2 aliphatic heterocycles. The topological polar surface area (TPSA) is 96.4 Å². The maximum atomic E-state index is 12.9. The highest BCUT2D eigenvalue weighted by molar-refractivity contribution is 7.89. The Hall–Kier alpha value is -2.21. The van der Waals surface area contributed by atoms with Gasteiger partial charge in [-0.25, -0.2) is 13.4 Å². The molecule has 1 aromatic carbocycles. The first-order valence-electron chi connectivity index (χ1n) is 8.14. The molecule has 7 nitrogen and oxygen atoms in total. The van der Waals surface area contributed by atoms with Crippen molar-refractivity contribution in [3.05, 3.63) is 47.2 Å². The van der Waals surface area contributed by atoms with Crippen molar-refractivity contribution in [3.63, 3.8) is 0 Å². The van der Waals surface area contributed by atoms with Crippen molar-refractivity contribution < 1.29 is 17.6 Å². The zero-order chi connectivity index (χ0) is 17.4. The molecule has 1 aromatic heterocycles. The van der Waals surface area contributed by atoms with Crippen LogP contribution in [-0.4, -0.2) is 37.5 Å². The minimum atomic E-state index is -3.67. The molecule has 0 spiro atoms. The summed E-state index contributed by atoms with van der Waals surface area (Å²) in [5.74, 6) is 1.57. The largest absolute Gasteiger partial charge is 0.445 e. The van der Waals surface area contributed by atoms with Gasteiger partial charge in [0.05, 0.1) is 41.3 Å². The summed E-state index contributed by atoms with van der Waals surface area (Å²) in [6, 6.07) is 8.04. The maximum absolute atomic E-state index is 12.9. The smallest absolute Gasteiger partial charge is 0.243 e. The average molecular weight is 359 g/mol. The van der Waals surface area contributed by atoms with Crippen molar-refractivity contribution in [3.8, 4) is 6.07 Å². The maximum Gasteiger partial charge on any atom is 0.243 e. The number of hydrogen-bond acceptors (Lipinski definition) is 6. The highest BCUT2D eigenvalue weighted by Crippen LogP contribution is 2.30. The first kappa shape index (κ1) is 16.3. The van der Waals surface area contributed by atoms with Gasteiger partial charge in [-0.05, 0) is 24.6 Å². The lowest BCUT2D eigenvalue weighted by Gasteiger charge is -2.24. The number of benzene rings is 1. The molecule has 3 heterocycles. The van der Waals surface area contributed by atoms with Gasteiger partial charge in [-0.1, -0.05) is 6.07 Å². The van der Waals surface area contributed by atoms with Gasteiger partial charge in [0, 0.05) is 19.6 Å². The molecule has 0 saturated carbocycles.